The Balaban J connectivity index is 1.88. The SMILES string of the molecule is C[C@H](C(=O)NC1CCCC1)N(Cc1ccc(Cl)cc1)C(=O)CN(c1ccccc1Br)S(C)(=O)=O. The maximum Gasteiger partial charge on any atom is 0.244 e. The van der Waals surface area contributed by atoms with Gasteiger partial charge in [-0.05, 0) is 65.5 Å². The molecule has 1 aliphatic carbocycles. The van der Waals surface area contributed by atoms with Crippen molar-refractivity contribution in [2.75, 3.05) is 17.1 Å². The van der Waals surface area contributed by atoms with Crippen LogP contribution in [0.5, 0.6) is 0 Å². The lowest BCUT2D eigenvalue weighted by molar-refractivity contribution is -0.139. The number of para-hydroxylation sites is 1. The summed E-state index contributed by atoms with van der Waals surface area (Å²) in [5.41, 5.74) is 1.14. The Kier molecular flexibility index (Phi) is 9.01. The van der Waals surface area contributed by atoms with Gasteiger partial charge in [0.25, 0.3) is 0 Å². The molecule has 3 rings (SSSR count). The number of rotatable bonds is 9. The van der Waals surface area contributed by atoms with Gasteiger partial charge in [-0.25, -0.2) is 8.42 Å². The van der Waals surface area contributed by atoms with Crippen LogP contribution in [0.1, 0.15) is 38.2 Å². The van der Waals surface area contributed by atoms with E-state index in [9.17, 15) is 18.0 Å². The monoisotopic (exact) mass is 569 g/mol. The summed E-state index contributed by atoms with van der Waals surface area (Å²) in [6, 6.07) is 13.1. The Bertz CT molecular complexity index is 1120. The van der Waals surface area contributed by atoms with Crippen LogP contribution in [0.15, 0.2) is 53.0 Å². The standard InChI is InChI=1S/C24H29BrClN3O4S/c1-17(24(31)27-20-7-3-4-8-20)28(15-18-11-13-19(26)14-12-18)23(30)16-29(34(2,32)33)22-10-6-5-9-21(22)25/h5-6,9-14,17,20H,3-4,7-8,15-16H2,1-2H3,(H,27,31)/t17-/m1/s1. The van der Waals surface area contributed by atoms with Gasteiger partial charge in [0.15, 0.2) is 0 Å². The van der Waals surface area contributed by atoms with Gasteiger partial charge in [0.2, 0.25) is 21.8 Å². The molecular formula is C24H29BrClN3O4S. The van der Waals surface area contributed by atoms with E-state index in [4.69, 9.17) is 11.6 Å². The number of nitrogens with one attached hydrogen (secondary N) is 1. The van der Waals surface area contributed by atoms with Gasteiger partial charge >= 0.3 is 0 Å². The minimum Gasteiger partial charge on any atom is -0.352 e. The molecule has 34 heavy (non-hydrogen) atoms. The Morgan fingerprint density at radius 2 is 1.74 bits per heavy atom. The van der Waals surface area contributed by atoms with Crippen molar-refractivity contribution in [2.45, 2.75) is 51.2 Å². The molecule has 0 saturated heterocycles. The molecule has 0 aromatic heterocycles. The van der Waals surface area contributed by atoms with Crippen molar-refractivity contribution in [1.82, 2.24) is 10.2 Å². The van der Waals surface area contributed by atoms with Gasteiger partial charge in [-0.1, -0.05) is 48.7 Å². The molecule has 1 atom stereocenters. The van der Waals surface area contributed by atoms with Gasteiger partial charge in [-0.2, -0.15) is 0 Å². The molecule has 10 heteroatoms. The minimum atomic E-state index is -3.77. The highest BCUT2D eigenvalue weighted by atomic mass is 79.9. The molecular weight excluding hydrogens is 542 g/mol. The third-order valence-corrected chi connectivity index (χ3v) is 7.98. The van der Waals surface area contributed by atoms with Crippen molar-refractivity contribution in [3.8, 4) is 0 Å². The first kappa shape index (κ1) is 26.5. The first-order valence-corrected chi connectivity index (χ1v) is 14.1. The lowest BCUT2D eigenvalue weighted by Crippen LogP contribution is -2.52. The van der Waals surface area contributed by atoms with Crippen molar-refractivity contribution in [3.63, 3.8) is 0 Å². The molecule has 0 aliphatic heterocycles. The summed E-state index contributed by atoms with van der Waals surface area (Å²) in [6.45, 7) is 1.38. The number of halogens is 2. The molecule has 0 unspecified atom stereocenters. The molecule has 2 aromatic rings. The Labute approximate surface area is 214 Å². The second-order valence-electron chi connectivity index (χ2n) is 8.54. The van der Waals surface area contributed by atoms with Gasteiger partial charge in [0.05, 0.1) is 11.9 Å². The number of anilines is 1. The number of carbonyl (C=O) groups is 2. The van der Waals surface area contributed by atoms with Crippen LogP contribution < -0.4 is 9.62 Å². The van der Waals surface area contributed by atoms with Crippen molar-refractivity contribution in [1.29, 1.82) is 0 Å². The van der Waals surface area contributed by atoms with E-state index >= 15 is 0 Å². The van der Waals surface area contributed by atoms with Crippen molar-refractivity contribution >= 4 is 55.1 Å². The van der Waals surface area contributed by atoms with Crippen LogP contribution in [0.4, 0.5) is 5.69 Å². The average molecular weight is 571 g/mol. The molecule has 1 aliphatic rings. The fourth-order valence-corrected chi connectivity index (χ4v) is 5.61. The Hall–Kier alpha value is -2.10. The first-order chi connectivity index (χ1) is 16.1. The van der Waals surface area contributed by atoms with E-state index in [0.29, 0.717) is 15.2 Å². The zero-order valence-corrected chi connectivity index (χ0v) is 22.4. The van der Waals surface area contributed by atoms with E-state index in [2.05, 4.69) is 21.2 Å². The lowest BCUT2D eigenvalue weighted by Gasteiger charge is -2.32. The number of sulfonamides is 1. The number of hydrogen-bond acceptors (Lipinski definition) is 4. The van der Waals surface area contributed by atoms with Crippen LogP contribution in [-0.4, -0.2) is 50.0 Å². The van der Waals surface area contributed by atoms with Gasteiger partial charge in [0, 0.05) is 22.1 Å². The first-order valence-electron chi connectivity index (χ1n) is 11.1. The summed E-state index contributed by atoms with van der Waals surface area (Å²) < 4.78 is 26.8. The van der Waals surface area contributed by atoms with E-state index in [0.717, 1.165) is 41.8 Å². The molecule has 184 valence electrons. The summed E-state index contributed by atoms with van der Waals surface area (Å²) >= 11 is 9.37. The molecule has 2 amide bonds. The summed E-state index contributed by atoms with van der Waals surface area (Å²) in [7, 11) is -3.77. The number of amides is 2. The summed E-state index contributed by atoms with van der Waals surface area (Å²) in [5.74, 6) is -0.730. The highest BCUT2D eigenvalue weighted by Gasteiger charge is 2.31. The molecule has 1 N–H and O–H groups in total. The topological polar surface area (TPSA) is 86.8 Å². The third kappa shape index (κ3) is 6.96. The number of carbonyl (C=O) groups excluding carboxylic acids is 2. The zero-order valence-electron chi connectivity index (χ0n) is 19.2. The van der Waals surface area contributed by atoms with Crippen LogP contribution in [0.3, 0.4) is 0 Å². The normalized spacial score (nSPS) is 15.1. The van der Waals surface area contributed by atoms with Crippen LogP contribution in [0, 0.1) is 0 Å². The van der Waals surface area contributed by atoms with Crippen molar-refractivity contribution in [2.24, 2.45) is 0 Å². The maximum atomic E-state index is 13.5. The maximum absolute atomic E-state index is 13.5. The Morgan fingerprint density at radius 3 is 2.32 bits per heavy atom. The fraction of sp³-hybridized carbons (Fsp3) is 0.417. The van der Waals surface area contributed by atoms with E-state index < -0.39 is 28.5 Å². The van der Waals surface area contributed by atoms with E-state index in [1.165, 1.54) is 4.90 Å². The predicted octanol–water partition coefficient (Wildman–Crippen LogP) is 4.34. The van der Waals surface area contributed by atoms with Crippen LogP contribution in [-0.2, 0) is 26.2 Å². The molecule has 0 heterocycles. The quantitative estimate of drug-likeness (QED) is 0.486. The zero-order chi connectivity index (χ0) is 24.9. The van der Waals surface area contributed by atoms with Crippen LogP contribution in [0.2, 0.25) is 5.02 Å². The number of hydrogen-bond donors (Lipinski definition) is 1. The van der Waals surface area contributed by atoms with Gasteiger partial charge in [-0.3, -0.25) is 13.9 Å². The van der Waals surface area contributed by atoms with Crippen molar-refractivity contribution in [3.05, 3.63) is 63.6 Å². The highest BCUT2D eigenvalue weighted by molar-refractivity contribution is 9.10. The third-order valence-electron chi connectivity index (χ3n) is 5.94. The summed E-state index contributed by atoms with van der Waals surface area (Å²) in [6.07, 6.45) is 5.05. The van der Waals surface area contributed by atoms with Gasteiger partial charge < -0.3 is 10.2 Å². The predicted molar refractivity (Wildman–Crippen MR) is 138 cm³/mol. The average Bonchev–Trinajstić information content (AvgIpc) is 3.29. The fourth-order valence-electron chi connectivity index (χ4n) is 4.01. The molecule has 0 bridgehead atoms. The molecule has 1 saturated carbocycles. The lowest BCUT2D eigenvalue weighted by atomic mass is 10.1. The molecule has 0 spiro atoms. The van der Waals surface area contributed by atoms with Crippen LogP contribution in [0.25, 0.3) is 0 Å². The summed E-state index contributed by atoms with van der Waals surface area (Å²) in [4.78, 5) is 28.0. The number of nitrogens with zero attached hydrogens (tertiary/aromatic N) is 2. The second kappa shape index (κ2) is 11.6. The van der Waals surface area contributed by atoms with E-state index in [1.54, 1.807) is 55.5 Å². The molecule has 2 aromatic carbocycles. The van der Waals surface area contributed by atoms with Crippen molar-refractivity contribution < 1.29 is 18.0 Å². The summed E-state index contributed by atoms with van der Waals surface area (Å²) in [5, 5.41) is 3.60. The van der Waals surface area contributed by atoms with E-state index in [1.807, 2.05) is 0 Å². The number of benzene rings is 2. The molecule has 7 nitrogen and oxygen atoms in total. The Morgan fingerprint density at radius 1 is 1.12 bits per heavy atom. The smallest absolute Gasteiger partial charge is 0.244 e. The molecule has 1 fully saturated rings. The van der Waals surface area contributed by atoms with Crippen LogP contribution >= 0.6 is 27.5 Å². The molecule has 0 radical (unpaired) electrons. The second-order valence-corrected chi connectivity index (χ2v) is 11.7. The largest absolute Gasteiger partial charge is 0.352 e. The van der Waals surface area contributed by atoms with Gasteiger partial charge in [0.1, 0.15) is 12.6 Å². The highest BCUT2D eigenvalue weighted by Crippen LogP contribution is 2.28. The minimum absolute atomic E-state index is 0.107. The van der Waals surface area contributed by atoms with Gasteiger partial charge in [-0.15, -0.1) is 0 Å². The van der Waals surface area contributed by atoms with E-state index in [-0.39, 0.29) is 18.5 Å².